The summed E-state index contributed by atoms with van der Waals surface area (Å²) in [6.45, 7) is 0.486. The van der Waals surface area contributed by atoms with Crippen molar-refractivity contribution in [3.8, 4) is 0 Å². The van der Waals surface area contributed by atoms with Crippen molar-refractivity contribution in [2.45, 2.75) is 0 Å². The number of hydrogen-bond donors (Lipinski definition) is 0. The highest BCUT2D eigenvalue weighted by Gasteiger charge is 1.86. The number of oxime groups is 1. The first kappa shape index (κ1) is 2.66. The molecule has 0 saturated carbocycles. The van der Waals surface area contributed by atoms with E-state index in [1.54, 1.807) is 6.21 Å². The third-order valence-electron chi connectivity index (χ3n) is 0.313. The first-order chi connectivity index (χ1) is 2.50. The largest absolute Gasteiger partial charge is 0.221 e. The molecule has 3 heteroatoms. The minimum Gasteiger partial charge on any atom is -0.221 e. The molecule has 0 aromatic rings. The predicted molar refractivity (Wildman–Crippen MR) is 15.5 cm³/mol. The van der Waals surface area contributed by atoms with Crippen LogP contribution in [0.25, 0.3) is 0 Å². The number of hydrogen-bond acceptors (Lipinski definition) is 3. The molecule has 0 unspecified atom stereocenters. The van der Waals surface area contributed by atoms with Crippen molar-refractivity contribution >= 4 is 6.21 Å². The van der Waals surface area contributed by atoms with Gasteiger partial charge in [0.25, 0.3) is 0 Å². The van der Waals surface area contributed by atoms with Crippen LogP contribution in [-0.4, -0.2) is 12.8 Å². The van der Waals surface area contributed by atoms with Gasteiger partial charge in [-0.2, -0.15) is 4.89 Å². The van der Waals surface area contributed by atoms with Gasteiger partial charge in [-0.25, -0.2) is 4.99 Å². The van der Waals surface area contributed by atoms with E-state index in [4.69, 9.17) is 0 Å². The quantitative estimate of drug-likeness (QED) is 0.376. The molecule has 3 nitrogen and oxygen atoms in total. The minimum absolute atomic E-state index is 0.486. The number of rotatable bonds is 0. The minimum atomic E-state index is 0.486. The monoisotopic (exact) mass is 73.0 g/mol. The average Bonchev–Trinajstić information content (AvgIpc) is 1.76. The summed E-state index contributed by atoms with van der Waals surface area (Å²) >= 11 is 0. The third kappa shape index (κ3) is 0.357. The van der Waals surface area contributed by atoms with Crippen LogP contribution in [0.1, 0.15) is 0 Å². The maximum Gasteiger partial charge on any atom is 0.135 e. The molecule has 0 radical (unpaired) electrons. The van der Waals surface area contributed by atoms with Crippen molar-refractivity contribution in [2.75, 3.05) is 6.61 Å². The Kier molecular flexibility index (Phi) is 0.548. The van der Waals surface area contributed by atoms with E-state index < -0.39 is 0 Å². The molecule has 0 aromatic carbocycles. The molecule has 0 atom stereocenters. The van der Waals surface area contributed by atoms with E-state index in [0.717, 1.165) is 0 Å². The standard InChI is InChI=1S/C2H3NO2/c1-2-4-5-3-1/h1H,2H2. The molecule has 1 heterocycles. The zero-order valence-corrected chi connectivity index (χ0v) is 2.55. The van der Waals surface area contributed by atoms with Gasteiger partial charge < -0.3 is 0 Å². The third-order valence-corrected chi connectivity index (χ3v) is 0.313. The summed E-state index contributed by atoms with van der Waals surface area (Å²) < 4.78 is 0. The molecule has 0 saturated heterocycles. The SMILES string of the molecule is C1=NOOC1. The second kappa shape index (κ2) is 1.03. The Balaban J connectivity index is 2.32. The van der Waals surface area contributed by atoms with Crippen molar-refractivity contribution in [1.82, 2.24) is 0 Å². The molecule has 5 heavy (non-hydrogen) atoms. The van der Waals surface area contributed by atoms with Gasteiger partial charge in [-0.15, -0.1) is 0 Å². The summed E-state index contributed by atoms with van der Waals surface area (Å²) in [5.74, 6) is 0. The molecule has 1 aliphatic heterocycles. The van der Waals surface area contributed by atoms with Crippen LogP contribution in [0.3, 0.4) is 0 Å². The molecule has 0 fully saturated rings. The zero-order valence-electron chi connectivity index (χ0n) is 2.55. The molecule has 0 spiro atoms. The van der Waals surface area contributed by atoms with Crippen LogP contribution in [0, 0.1) is 0 Å². The molecule has 1 rings (SSSR count). The maximum atomic E-state index is 4.22. The summed E-state index contributed by atoms with van der Waals surface area (Å²) in [6.07, 6.45) is 1.54. The van der Waals surface area contributed by atoms with Crippen LogP contribution in [0.2, 0.25) is 0 Å². The molecule has 1 aliphatic rings. The highest BCUT2D eigenvalue weighted by molar-refractivity contribution is 5.58. The van der Waals surface area contributed by atoms with Crippen LogP contribution < -0.4 is 0 Å². The average molecular weight is 73.1 g/mol. The van der Waals surface area contributed by atoms with Crippen molar-refractivity contribution in [3.05, 3.63) is 0 Å². The molecular formula is C2H3NO2. The first-order valence-corrected chi connectivity index (χ1v) is 1.30. The van der Waals surface area contributed by atoms with Crippen molar-refractivity contribution in [1.29, 1.82) is 0 Å². The smallest absolute Gasteiger partial charge is 0.135 e. The molecular weight excluding hydrogens is 70.0 g/mol. The van der Waals surface area contributed by atoms with Gasteiger partial charge in [-0.05, 0) is 0 Å². The molecule has 0 aromatic heterocycles. The van der Waals surface area contributed by atoms with Gasteiger partial charge in [0, 0.05) is 0 Å². The fourth-order valence-electron chi connectivity index (χ4n) is 0.152. The summed E-state index contributed by atoms with van der Waals surface area (Å²) in [7, 11) is 0. The highest BCUT2D eigenvalue weighted by Crippen LogP contribution is 1.82. The van der Waals surface area contributed by atoms with Gasteiger partial charge in [-0.3, -0.25) is 0 Å². The Bertz CT molecular complexity index is 45.6. The molecule has 0 bridgehead atoms. The first-order valence-electron chi connectivity index (χ1n) is 1.30. The van der Waals surface area contributed by atoms with E-state index >= 15 is 0 Å². The second-order valence-corrected chi connectivity index (χ2v) is 0.647. The predicted octanol–water partition coefficient (Wildman–Crippen LogP) is -0.0660. The van der Waals surface area contributed by atoms with Crippen molar-refractivity contribution < 1.29 is 9.88 Å². The Hall–Kier alpha value is -0.570. The van der Waals surface area contributed by atoms with Crippen LogP contribution in [0.15, 0.2) is 5.16 Å². The van der Waals surface area contributed by atoms with Crippen LogP contribution in [0.5, 0.6) is 0 Å². The summed E-state index contributed by atoms with van der Waals surface area (Å²) in [6, 6.07) is 0. The van der Waals surface area contributed by atoms with Gasteiger partial charge in [0.1, 0.15) is 6.61 Å². The second-order valence-electron chi connectivity index (χ2n) is 0.647. The van der Waals surface area contributed by atoms with E-state index in [9.17, 15) is 0 Å². The Morgan fingerprint density at radius 3 is 3.00 bits per heavy atom. The summed E-state index contributed by atoms with van der Waals surface area (Å²) in [5.41, 5.74) is 0. The summed E-state index contributed by atoms with van der Waals surface area (Å²) in [5, 5.41) is 3.24. The topological polar surface area (TPSA) is 30.8 Å². The van der Waals surface area contributed by atoms with Gasteiger partial charge in [0.15, 0.2) is 0 Å². The van der Waals surface area contributed by atoms with E-state index in [2.05, 4.69) is 15.0 Å². The highest BCUT2D eigenvalue weighted by atomic mass is 17.3. The normalized spacial score (nSPS) is 19.2. The van der Waals surface area contributed by atoms with Crippen LogP contribution in [-0.2, 0) is 9.88 Å². The maximum absolute atomic E-state index is 4.22. The van der Waals surface area contributed by atoms with Gasteiger partial charge >= 0.3 is 0 Å². The lowest BCUT2D eigenvalue weighted by atomic mass is 10.8. The Morgan fingerprint density at radius 2 is 2.80 bits per heavy atom. The lowest BCUT2D eigenvalue weighted by Gasteiger charge is -1.75. The molecule has 28 valence electrons. The van der Waals surface area contributed by atoms with Crippen LogP contribution in [0.4, 0.5) is 0 Å². The lowest BCUT2D eigenvalue weighted by molar-refractivity contribution is -0.266. The van der Waals surface area contributed by atoms with Crippen molar-refractivity contribution in [3.63, 3.8) is 0 Å². The molecule has 0 N–H and O–H groups in total. The summed E-state index contributed by atoms with van der Waals surface area (Å²) in [4.78, 5) is 8.24. The fourth-order valence-corrected chi connectivity index (χ4v) is 0.152. The zero-order chi connectivity index (χ0) is 3.54. The van der Waals surface area contributed by atoms with Gasteiger partial charge in [0.05, 0.1) is 6.21 Å². The lowest BCUT2D eigenvalue weighted by Crippen LogP contribution is -1.77. The molecule has 0 aliphatic carbocycles. The Labute approximate surface area is 29.1 Å². The van der Waals surface area contributed by atoms with E-state index in [-0.39, 0.29) is 0 Å². The number of nitrogens with zero attached hydrogens (tertiary/aromatic N) is 1. The fraction of sp³-hybridized carbons (Fsp3) is 0.500. The van der Waals surface area contributed by atoms with Crippen LogP contribution >= 0.6 is 0 Å². The van der Waals surface area contributed by atoms with Gasteiger partial charge in [0.2, 0.25) is 0 Å². The van der Waals surface area contributed by atoms with Gasteiger partial charge in [-0.1, -0.05) is 5.16 Å². The molecule has 0 amide bonds. The van der Waals surface area contributed by atoms with Crippen molar-refractivity contribution in [2.24, 2.45) is 5.16 Å². The Morgan fingerprint density at radius 1 is 1.80 bits per heavy atom. The van der Waals surface area contributed by atoms with E-state index in [1.807, 2.05) is 0 Å². The van der Waals surface area contributed by atoms with E-state index in [0.29, 0.717) is 6.61 Å². The van der Waals surface area contributed by atoms with E-state index in [1.165, 1.54) is 0 Å².